The summed E-state index contributed by atoms with van der Waals surface area (Å²) in [6.45, 7) is 10.3. The molecule has 0 aromatic heterocycles. The first-order valence-corrected chi connectivity index (χ1v) is 5.81. The zero-order valence-electron chi connectivity index (χ0n) is 9.84. The molecule has 0 radical (unpaired) electrons. The normalized spacial score (nSPS) is 38.6. The van der Waals surface area contributed by atoms with Crippen LogP contribution in [-0.4, -0.2) is 61.9 Å². The van der Waals surface area contributed by atoms with E-state index in [-0.39, 0.29) is 0 Å². The van der Waals surface area contributed by atoms with Crippen molar-refractivity contribution in [2.75, 3.05) is 52.9 Å². The Hall–Kier alpha value is -0.160. The van der Waals surface area contributed by atoms with Crippen LogP contribution in [0.15, 0.2) is 0 Å². The van der Waals surface area contributed by atoms with Gasteiger partial charge in [-0.3, -0.25) is 0 Å². The Labute approximate surface area is 87.6 Å². The van der Waals surface area contributed by atoms with Gasteiger partial charge in [-0.2, -0.15) is 5.84 Å². The molecule has 14 heavy (non-hydrogen) atoms. The molecule has 0 aromatic rings. The van der Waals surface area contributed by atoms with Crippen LogP contribution in [0.4, 0.5) is 0 Å². The Bertz CT molecular complexity index is 173. The smallest absolute Gasteiger partial charge is 0.146 e. The Balaban J connectivity index is 2.40. The van der Waals surface area contributed by atoms with E-state index in [9.17, 15) is 0 Å². The predicted molar refractivity (Wildman–Crippen MR) is 57.9 cm³/mol. The molecule has 4 nitrogen and oxygen atoms in total. The molecular formula is C10H27N4+3. The van der Waals surface area contributed by atoms with Gasteiger partial charge in [0.05, 0.1) is 26.7 Å². The van der Waals surface area contributed by atoms with Crippen molar-refractivity contribution < 1.29 is 14.8 Å². The molecular weight excluding hydrogens is 176 g/mol. The van der Waals surface area contributed by atoms with E-state index in [0.29, 0.717) is 0 Å². The number of nitrogens with two attached hydrogens (primary N) is 1. The predicted octanol–water partition coefficient (Wildman–Crippen LogP) is -1.21. The minimum Gasteiger partial charge on any atom is -0.357 e. The first-order valence-electron chi connectivity index (χ1n) is 5.81. The van der Waals surface area contributed by atoms with E-state index >= 15 is 0 Å². The lowest BCUT2D eigenvalue weighted by Crippen LogP contribution is -2.69. The lowest BCUT2D eigenvalue weighted by molar-refractivity contribution is -1.03. The molecule has 1 saturated heterocycles. The minimum atomic E-state index is 0.776. The lowest BCUT2D eigenvalue weighted by Gasteiger charge is -2.44. The highest BCUT2D eigenvalue weighted by molar-refractivity contribution is 4.49. The van der Waals surface area contributed by atoms with Crippen LogP contribution < -0.4 is 11.6 Å². The molecule has 0 amide bonds. The fourth-order valence-electron chi connectivity index (χ4n) is 2.14. The summed E-state index contributed by atoms with van der Waals surface area (Å²) in [5.41, 5.74) is 3.91. The topological polar surface area (TPSA) is 53.7 Å². The van der Waals surface area contributed by atoms with Crippen LogP contribution in [0.25, 0.3) is 0 Å². The number of likely N-dealkylation sites (N-methyl/N-ethyl adjacent to an activating group) is 2. The number of quaternary nitrogens is 3. The molecule has 4 heteroatoms. The molecule has 0 atom stereocenters. The molecule has 1 rings (SSSR count). The van der Waals surface area contributed by atoms with Crippen molar-refractivity contribution in [2.24, 2.45) is 5.84 Å². The molecule has 84 valence electrons. The summed E-state index contributed by atoms with van der Waals surface area (Å²) in [7, 11) is 2.36. The fraction of sp³-hybridized carbons (Fsp3) is 1.00. The van der Waals surface area contributed by atoms with Gasteiger partial charge in [0, 0.05) is 6.42 Å². The van der Waals surface area contributed by atoms with Crippen molar-refractivity contribution >= 4 is 0 Å². The van der Waals surface area contributed by atoms with Gasteiger partial charge in [0.15, 0.2) is 0 Å². The summed E-state index contributed by atoms with van der Waals surface area (Å²) >= 11 is 0. The van der Waals surface area contributed by atoms with Gasteiger partial charge in [0.2, 0.25) is 0 Å². The third-order valence-corrected chi connectivity index (χ3v) is 3.75. The maximum Gasteiger partial charge on any atom is 0.146 e. The van der Waals surface area contributed by atoms with Crippen LogP contribution in [0.5, 0.6) is 0 Å². The number of rotatable bonds is 4. The van der Waals surface area contributed by atoms with E-state index < -0.39 is 0 Å². The summed E-state index contributed by atoms with van der Waals surface area (Å²) in [6, 6.07) is 0. The molecule has 1 aliphatic heterocycles. The maximum atomic E-state index is 6.22. The Kier molecular flexibility index (Phi) is 3.89. The second-order valence-corrected chi connectivity index (χ2v) is 4.98. The number of nitrogens with zero attached hydrogens (tertiary/aromatic N) is 2. The third kappa shape index (κ3) is 2.92. The van der Waals surface area contributed by atoms with Crippen LogP contribution >= 0.6 is 0 Å². The molecule has 1 fully saturated rings. The quantitative estimate of drug-likeness (QED) is 0.437. The highest BCUT2D eigenvalue weighted by Crippen LogP contribution is 2.13. The average Bonchev–Trinajstić information content (AvgIpc) is 2.21. The van der Waals surface area contributed by atoms with Gasteiger partial charge in [-0.25, -0.2) is 4.59 Å². The third-order valence-electron chi connectivity index (χ3n) is 3.75. The Morgan fingerprint density at radius 2 is 1.79 bits per heavy atom. The maximum absolute atomic E-state index is 6.22. The summed E-state index contributed by atoms with van der Waals surface area (Å²) in [5.74, 6) is 6.22. The van der Waals surface area contributed by atoms with Crippen LogP contribution in [0.2, 0.25) is 0 Å². The standard InChI is InChI=1S/C10H26N4/c1-3-14(12)9-7-13(2,8-10-14)6-4-5-11/h3-12H2,1-2H3/q+2/p+1. The Morgan fingerprint density at radius 3 is 2.21 bits per heavy atom. The van der Waals surface area contributed by atoms with E-state index in [4.69, 9.17) is 5.84 Å². The number of piperazine rings is 1. The van der Waals surface area contributed by atoms with Gasteiger partial charge >= 0.3 is 0 Å². The van der Waals surface area contributed by atoms with Gasteiger partial charge < -0.3 is 10.2 Å². The molecule has 0 aromatic carbocycles. The van der Waals surface area contributed by atoms with Gasteiger partial charge in [-0.15, -0.1) is 0 Å². The monoisotopic (exact) mass is 203 g/mol. The summed E-state index contributed by atoms with van der Waals surface area (Å²) < 4.78 is 1.98. The number of hydrogen-bond donors (Lipinski definition) is 2. The molecule has 0 spiro atoms. The van der Waals surface area contributed by atoms with E-state index in [2.05, 4.69) is 19.7 Å². The SMILES string of the molecule is CC[N+]1(N)CC[N+](C)(CCC[NH3+])CC1. The van der Waals surface area contributed by atoms with Crippen molar-refractivity contribution in [3.8, 4) is 0 Å². The zero-order valence-corrected chi connectivity index (χ0v) is 9.84. The van der Waals surface area contributed by atoms with Crippen LogP contribution in [0.3, 0.4) is 0 Å². The van der Waals surface area contributed by atoms with Crippen LogP contribution in [0.1, 0.15) is 13.3 Å². The molecule has 1 aliphatic rings. The van der Waals surface area contributed by atoms with Gasteiger partial charge in [0.25, 0.3) is 0 Å². The molecule has 0 bridgehead atoms. The van der Waals surface area contributed by atoms with E-state index in [1.165, 1.54) is 30.5 Å². The summed E-state index contributed by atoms with van der Waals surface area (Å²) in [6.07, 6.45) is 1.24. The lowest BCUT2D eigenvalue weighted by atomic mass is 10.2. The van der Waals surface area contributed by atoms with Crippen molar-refractivity contribution in [2.45, 2.75) is 13.3 Å². The molecule has 0 saturated carbocycles. The first kappa shape index (κ1) is 11.9. The average molecular weight is 203 g/mol. The molecule has 0 aliphatic carbocycles. The van der Waals surface area contributed by atoms with Crippen molar-refractivity contribution in [1.82, 2.24) is 0 Å². The van der Waals surface area contributed by atoms with Gasteiger partial charge in [-0.05, 0) is 6.92 Å². The van der Waals surface area contributed by atoms with E-state index in [1.54, 1.807) is 0 Å². The zero-order chi connectivity index (χ0) is 10.7. The second kappa shape index (κ2) is 4.57. The van der Waals surface area contributed by atoms with Gasteiger partial charge in [-0.1, -0.05) is 0 Å². The number of hydrogen-bond acceptors (Lipinski definition) is 1. The molecule has 0 unspecified atom stereocenters. The van der Waals surface area contributed by atoms with Crippen molar-refractivity contribution in [1.29, 1.82) is 0 Å². The van der Waals surface area contributed by atoms with Crippen molar-refractivity contribution in [3.05, 3.63) is 0 Å². The van der Waals surface area contributed by atoms with Crippen molar-refractivity contribution in [3.63, 3.8) is 0 Å². The van der Waals surface area contributed by atoms with Crippen LogP contribution in [0, 0.1) is 0 Å². The first-order chi connectivity index (χ1) is 6.54. The highest BCUT2D eigenvalue weighted by atomic mass is 15.6. The van der Waals surface area contributed by atoms with Gasteiger partial charge in [0.1, 0.15) is 26.2 Å². The van der Waals surface area contributed by atoms with E-state index in [1.807, 2.05) is 0 Å². The highest BCUT2D eigenvalue weighted by Gasteiger charge is 2.36. The molecule has 5 N–H and O–H groups in total. The van der Waals surface area contributed by atoms with E-state index in [0.717, 1.165) is 30.8 Å². The summed E-state index contributed by atoms with van der Waals surface area (Å²) in [5, 5.41) is 0. The minimum absolute atomic E-state index is 0.776. The molecule has 1 heterocycles. The fourth-order valence-corrected chi connectivity index (χ4v) is 2.14. The summed E-state index contributed by atoms with van der Waals surface area (Å²) in [4.78, 5) is 0. The Morgan fingerprint density at radius 1 is 1.21 bits per heavy atom. The second-order valence-electron chi connectivity index (χ2n) is 4.98. The largest absolute Gasteiger partial charge is 0.357 e. The van der Waals surface area contributed by atoms with Crippen LogP contribution in [-0.2, 0) is 0 Å².